The highest BCUT2D eigenvalue weighted by molar-refractivity contribution is 5.19. The maximum Gasteiger partial charge on any atom is 0.135 e. The molecule has 0 aromatic heterocycles. The Hall–Kier alpha value is -1.06. The molecule has 0 aliphatic heterocycles. The fourth-order valence-electron chi connectivity index (χ4n) is 1.12. The minimum absolute atomic E-state index is 0.0318. The van der Waals surface area contributed by atoms with Crippen LogP contribution in [0.4, 0.5) is 0 Å². The van der Waals surface area contributed by atoms with Crippen LogP contribution < -0.4 is 0 Å². The van der Waals surface area contributed by atoms with E-state index >= 15 is 0 Å². The van der Waals surface area contributed by atoms with E-state index < -0.39 is 6.10 Å². The second-order valence-corrected chi connectivity index (χ2v) is 3.69. The van der Waals surface area contributed by atoms with E-state index in [-0.39, 0.29) is 5.76 Å². The van der Waals surface area contributed by atoms with Gasteiger partial charge in [-0.25, -0.2) is 0 Å². The lowest BCUT2D eigenvalue weighted by molar-refractivity contribution is 0.0627. The number of hydrogen-bond acceptors (Lipinski definition) is 3. The lowest BCUT2D eigenvalue weighted by Gasteiger charge is -2.18. The fourth-order valence-corrected chi connectivity index (χ4v) is 1.12. The third-order valence-electron chi connectivity index (χ3n) is 1.92. The van der Waals surface area contributed by atoms with Crippen LogP contribution in [0.5, 0.6) is 0 Å². The van der Waals surface area contributed by atoms with Gasteiger partial charge in [0.1, 0.15) is 11.9 Å². The number of aliphatic hydroxyl groups excluding tert-OH is 1. The quantitative estimate of drug-likeness (QED) is 0.517. The molecule has 0 amide bonds. The molecule has 1 unspecified atom stereocenters. The van der Waals surface area contributed by atoms with Gasteiger partial charge >= 0.3 is 0 Å². The highest BCUT2D eigenvalue weighted by Gasteiger charge is 2.13. The molecular formula is C12H21NO2. The van der Waals surface area contributed by atoms with Crippen molar-refractivity contribution in [3.8, 4) is 0 Å². The summed E-state index contributed by atoms with van der Waals surface area (Å²) in [6.45, 7) is 10.3. The molecule has 0 saturated carbocycles. The van der Waals surface area contributed by atoms with Crippen LogP contribution in [0.3, 0.4) is 0 Å². The van der Waals surface area contributed by atoms with Crippen molar-refractivity contribution >= 4 is 0 Å². The Balaban J connectivity index is 4.23. The van der Waals surface area contributed by atoms with Gasteiger partial charge in [0.05, 0.1) is 6.61 Å². The molecule has 15 heavy (non-hydrogen) atoms. The first-order valence-electron chi connectivity index (χ1n) is 4.92. The Bertz CT molecular complexity index is 244. The Morgan fingerprint density at radius 3 is 2.53 bits per heavy atom. The smallest absolute Gasteiger partial charge is 0.135 e. The summed E-state index contributed by atoms with van der Waals surface area (Å²) in [7, 11) is 3.94. The van der Waals surface area contributed by atoms with Crippen LogP contribution in [-0.2, 0) is 4.74 Å². The molecule has 0 aliphatic rings. The third-order valence-corrected chi connectivity index (χ3v) is 1.92. The van der Waals surface area contributed by atoms with Gasteiger partial charge < -0.3 is 14.7 Å². The number of hydrogen-bond donors (Lipinski definition) is 1. The summed E-state index contributed by atoms with van der Waals surface area (Å²) in [6, 6.07) is 0. The summed E-state index contributed by atoms with van der Waals surface area (Å²) in [5, 5.41) is 9.37. The molecule has 3 heteroatoms. The van der Waals surface area contributed by atoms with E-state index in [2.05, 4.69) is 13.2 Å². The lowest BCUT2D eigenvalue weighted by Crippen LogP contribution is -2.24. The van der Waals surface area contributed by atoms with Gasteiger partial charge in [-0.15, -0.1) is 0 Å². The van der Waals surface area contributed by atoms with Crippen LogP contribution in [0.25, 0.3) is 0 Å². The predicted molar refractivity (Wildman–Crippen MR) is 64.0 cm³/mol. The maximum atomic E-state index is 9.37. The van der Waals surface area contributed by atoms with Crippen LogP contribution in [0.1, 0.15) is 6.92 Å². The molecule has 0 spiro atoms. The third kappa shape index (κ3) is 6.10. The largest absolute Gasteiger partial charge is 0.510 e. The molecule has 1 atom stereocenters. The Morgan fingerprint density at radius 1 is 1.53 bits per heavy atom. The standard InChI is InChI=1S/C12H21NO2/c1-6-7-10(2)12(11(3)14)15-9-8-13(4)5/h6-7,12,14H,1,3,8-9H2,2,4-5H3/b10-7+. The first-order chi connectivity index (χ1) is 6.99. The number of ether oxygens (including phenoxy) is 1. The summed E-state index contributed by atoms with van der Waals surface area (Å²) < 4.78 is 5.52. The zero-order valence-corrected chi connectivity index (χ0v) is 9.86. The van der Waals surface area contributed by atoms with E-state index in [1.165, 1.54) is 0 Å². The predicted octanol–water partition coefficient (Wildman–Crippen LogP) is 2.14. The van der Waals surface area contributed by atoms with Crippen molar-refractivity contribution in [3.63, 3.8) is 0 Å². The van der Waals surface area contributed by atoms with Gasteiger partial charge in [0.15, 0.2) is 0 Å². The summed E-state index contributed by atoms with van der Waals surface area (Å²) in [6.07, 6.45) is 3.05. The van der Waals surface area contributed by atoms with E-state index in [9.17, 15) is 5.11 Å². The van der Waals surface area contributed by atoms with Gasteiger partial charge in [0.25, 0.3) is 0 Å². The molecule has 1 N–H and O–H groups in total. The molecule has 0 heterocycles. The first kappa shape index (κ1) is 13.9. The minimum Gasteiger partial charge on any atom is -0.510 e. The second kappa shape index (κ2) is 7.26. The van der Waals surface area contributed by atoms with Crippen molar-refractivity contribution in [1.29, 1.82) is 0 Å². The number of allylic oxidation sites excluding steroid dienone is 2. The van der Waals surface area contributed by atoms with Gasteiger partial charge in [0.2, 0.25) is 0 Å². The lowest BCUT2D eigenvalue weighted by atomic mass is 10.1. The van der Waals surface area contributed by atoms with E-state index in [0.29, 0.717) is 6.61 Å². The molecular weight excluding hydrogens is 190 g/mol. The minimum atomic E-state index is -0.428. The average Bonchev–Trinajstić information content (AvgIpc) is 2.11. The van der Waals surface area contributed by atoms with Gasteiger partial charge in [0, 0.05) is 6.54 Å². The Kier molecular flexibility index (Phi) is 6.75. The van der Waals surface area contributed by atoms with Crippen LogP contribution in [-0.4, -0.2) is 43.4 Å². The molecule has 0 aromatic carbocycles. The Labute approximate surface area is 92.4 Å². The normalized spacial score (nSPS) is 14.0. The fraction of sp³-hybridized carbons (Fsp3) is 0.500. The summed E-state index contributed by atoms with van der Waals surface area (Å²) in [5.74, 6) is 0.0318. The summed E-state index contributed by atoms with van der Waals surface area (Å²) in [5.41, 5.74) is 0.899. The molecule has 0 rings (SSSR count). The van der Waals surface area contributed by atoms with Crippen LogP contribution in [0.2, 0.25) is 0 Å². The van der Waals surface area contributed by atoms with Crippen LogP contribution >= 0.6 is 0 Å². The first-order valence-corrected chi connectivity index (χ1v) is 4.92. The zero-order valence-electron chi connectivity index (χ0n) is 9.86. The molecule has 0 bridgehead atoms. The van der Waals surface area contributed by atoms with Gasteiger partial charge in [-0.3, -0.25) is 0 Å². The number of likely N-dealkylation sites (N-methyl/N-ethyl adjacent to an activating group) is 1. The molecule has 0 fully saturated rings. The SMILES string of the molecule is C=C/C=C(\C)C(OCCN(C)C)C(=C)O. The molecule has 0 aromatic rings. The molecule has 0 radical (unpaired) electrons. The number of aliphatic hydroxyl groups is 1. The molecule has 3 nitrogen and oxygen atoms in total. The number of nitrogens with zero attached hydrogens (tertiary/aromatic N) is 1. The zero-order chi connectivity index (χ0) is 11.8. The van der Waals surface area contributed by atoms with E-state index in [1.807, 2.05) is 32.0 Å². The van der Waals surface area contributed by atoms with E-state index in [4.69, 9.17) is 4.74 Å². The molecule has 0 aliphatic carbocycles. The number of rotatable bonds is 7. The van der Waals surface area contributed by atoms with Gasteiger partial charge in [-0.05, 0) is 26.6 Å². The second-order valence-electron chi connectivity index (χ2n) is 3.69. The highest BCUT2D eigenvalue weighted by Crippen LogP contribution is 2.12. The van der Waals surface area contributed by atoms with Crippen molar-refractivity contribution in [2.45, 2.75) is 13.0 Å². The van der Waals surface area contributed by atoms with Crippen molar-refractivity contribution in [2.75, 3.05) is 27.2 Å². The molecule has 86 valence electrons. The highest BCUT2D eigenvalue weighted by atomic mass is 16.5. The van der Waals surface area contributed by atoms with Crippen LogP contribution in [0.15, 0.2) is 36.6 Å². The maximum absolute atomic E-state index is 9.37. The van der Waals surface area contributed by atoms with Crippen molar-refractivity contribution in [1.82, 2.24) is 4.90 Å². The summed E-state index contributed by atoms with van der Waals surface area (Å²) in [4.78, 5) is 2.02. The van der Waals surface area contributed by atoms with Crippen molar-refractivity contribution in [2.24, 2.45) is 0 Å². The Morgan fingerprint density at radius 2 is 2.13 bits per heavy atom. The van der Waals surface area contributed by atoms with Crippen molar-refractivity contribution < 1.29 is 9.84 Å². The van der Waals surface area contributed by atoms with Crippen molar-refractivity contribution in [3.05, 3.63) is 36.6 Å². The average molecular weight is 211 g/mol. The topological polar surface area (TPSA) is 32.7 Å². The van der Waals surface area contributed by atoms with Crippen LogP contribution in [0, 0.1) is 0 Å². The van der Waals surface area contributed by atoms with Gasteiger partial charge in [-0.2, -0.15) is 0 Å². The summed E-state index contributed by atoms with van der Waals surface area (Å²) >= 11 is 0. The van der Waals surface area contributed by atoms with Gasteiger partial charge in [-0.1, -0.05) is 25.3 Å². The molecule has 0 saturated heterocycles. The van der Waals surface area contributed by atoms with E-state index in [0.717, 1.165) is 12.1 Å². The monoisotopic (exact) mass is 211 g/mol. The van der Waals surface area contributed by atoms with E-state index in [1.54, 1.807) is 6.08 Å².